The standard InChI is InChI=1S/C12H16N2O6/c1-13-9(12(15)19-3)7-20-11-6-8(18-2)4-5-10(11)14(16)17/h4-6,9,13H,7H2,1-3H3. The van der Waals surface area contributed by atoms with Gasteiger partial charge in [0, 0.05) is 12.1 Å². The minimum atomic E-state index is -0.717. The van der Waals surface area contributed by atoms with Crippen molar-refractivity contribution in [3.8, 4) is 11.5 Å². The minimum Gasteiger partial charge on any atom is -0.497 e. The molecule has 0 saturated heterocycles. The van der Waals surface area contributed by atoms with Gasteiger partial charge in [-0.3, -0.25) is 14.9 Å². The Bertz CT molecular complexity index is 491. The zero-order chi connectivity index (χ0) is 15.1. The molecule has 20 heavy (non-hydrogen) atoms. The average Bonchev–Trinajstić information content (AvgIpc) is 2.46. The minimum absolute atomic E-state index is 0.0264. The maximum atomic E-state index is 11.4. The Labute approximate surface area is 115 Å². The quantitative estimate of drug-likeness (QED) is 0.448. The van der Waals surface area contributed by atoms with Gasteiger partial charge >= 0.3 is 11.7 Å². The van der Waals surface area contributed by atoms with E-state index in [0.717, 1.165) is 0 Å². The lowest BCUT2D eigenvalue weighted by molar-refractivity contribution is -0.385. The number of hydrogen-bond donors (Lipinski definition) is 1. The third-order valence-corrected chi connectivity index (χ3v) is 2.60. The van der Waals surface area contributed by atoms with E-state index in [1.807, 2.05) is 0 Å². The van der Waals surface area contributed by atoms with Gasteiger partial charge in [0.1, 0.15) is 18.4 Å². The third-order valence-electron chi connectivity index (χ3n) is 2.60. The van der Waals surface area contributed by atoms with Crippen LogP contribution in [0, 0.1) is 10.1 Å². The molecule has 0 radical (unpaired) electrons. The number of likely N-dealkylation sites (N-methyl/N-ethyl adjacent to an activating group) is 1. The number of nitro benzene ring substituents is 1. The summed E-state index contributed by atoms with van der Waals surface area (Å²) in [6.07, 6.45) is 0. The Hall–Kier alpha value is -2.35. The van der Waals surface area contributed by atoms with Crippen molar-refractivity contribution in [2.24, 2.45) is 0 Å². The van der Waals surface area contributed by atoms with Gasteiger partial charge in [0.15, 0.2) is 0 Å². The van der Waals surface area contributed by atoms with Crippen LogP contribution in [0.15, 0.2) is 18.2 Å². The molecule has 110 valence electrons. The molecule has 0 aromatic heterocycles. The van der Waals surface area contributed by atoms with Gasteiger partial charge in [-0.2, -0.15) is 0 Å². The molecule has 0 fully saturated rings. The summed E-state index contributed by atoms with van der Waals surface area (Å²) in [5.74, 6) is -0.0683. The van der Waals surface area contributed by atoms with Crippen LogP contribution in [-0.2, 0) is 9.53 Å². The maximum Gasteiger partial charge on any atom is 0.326 e. The fourth-order valence-corrected chi connectivity index (χ4v) is 1.47. The Morgan fingerprint density at radius 2 is 2.15 bits per heavy atom. The van der Waals surface area contributed by atoms with Gasteiger partial charge in [0.2, 0.25) is 5.75 Å². The monoisotopic (exact) mass is 284 g/mol. The average molecular weight is 284 g/mol. The number of carbonyl (C=O) groups is 1. The van der Waals surface area contributed by atoms with Gasteiger partial charge in [-0.15, -0.1) is 0 Å². The van der Waals surface area contributed by atoms with Crippen LogP contribution < -0.4 is 14.8 Å². The van der Waals surface area contributed by atoms with Gasteiger partial charge in [0.05, 0.1) is 19.1 Å². The lowest BCUT2D eigenvalue weighted by atomic mass is 10.2. The second-order valence-corrected chi connectivity index (χ2v) is 3.77. The van der Waals surface area contributed by atoms with E-state index >= 15 is 0 Å². The molecule has 0 aliphatic carbocycles. The molecule has 0 bridgehead atoms. The molecular formula is C12H16N2O6. The van der Waals surface area contributed by atoms with Gasteiger partial charge in [-0.1, -0.05) is 0 Å². The maximum absolute atomic E-state index is 11.4. The number of benzene rings is 1. The normalized spacial score (nSPS) is 11.6. The summed E-state index contributed by atoms with van der Waals surface area (Å²) in [6.45, 7) is -0.100. The number of carbonyl (C=O) groups excluding carboxylic acids is 1. The Morgan fingerprint density at radius 1 is 1.45 bits per heavy atom. The highest BCUT2D eigenvalue weighted by molar-refractivity contribution is 5.75. The zero-order valence-electron chi connectivity index (χ0n) is 11.4. The van der Waals surface area contributed by atoms with Gasteiger partial charge in [0.25, 0.3) is 0 Å². The molecule has 1 atom stereocenters. The van der Waals surface area contributed by atoms with Crippen molar-refractivity contribution < 1.29 is 23.9 Å². The number of rotatable bonds is 7. The van der Waals surface area contributed by atoms with Gasteiger partial charge < -0.3 is 19.5 Å². The topological polar surface area (TPSA) is 99.9 Å². The van der Waals surface area contributed by atoms with Crippen molar-refractivity contribution in [1.82, 2.24) is 5.32 Å². The van der Waals surface area contributed by atoms with Crippen LogP contribution >= 0.6 is 0 Å². The predicted molar refractivity (Wildman–Crippen MR) is 70.0 cm³/mol. The molecule has 0 aliphatic heterocycles. The summed E-state index contributed by atoms with van der Waals surface area (Å²) in [5, 5.41) is 13.6. The van der Waals surface area contributed by atoms with Crippen LogP contribution in [0.1, 0.15) is 0 Å². The van der Waals surface area contributed by atoms with Crippen molar-refractivity contribution in [3.63, 3.8) is 0 Å². The van der Waals surface area contributed by atoms with E-state index in [9.17, 15) is 14.9 Å². The first-order valence-electron chi connectivity index (χ1n) is 5.73. The van der Waals surface area contributed by atoms with Crippen molar-refractivity contribution in [2.45, 2.75) is 6.04 Å². The van der Waals surface area contributed by atoms with E-state index in [-0.39, 0.29) is 18.0 Å². The molecule has 1 aromatic carbocycles. The molecule has 1 rings (SSSR count). The largest absolute Gasteiger partial charge is 0.497 e. The fourth-order valence-electron chi connectivity index (χ4n) is 1.47. The first kappa shape index (κ1) is 15.7. The third kappa shape index (κ3) is 3.82. The van der Waals surface area contributed by atoms with Crippen LogP contribution in [0.2, 0.25) is 0 Å². The van der Waals surface area contributed by atoms with Crippen molar-refractivity contribution in [1.29, 1.82) is 0 Å². The summed E-state index contributed by atoms with van der Waals surface area (Å²) >= 11 is 0. The molecule has 0 heterocycles. The van der Waals surface area contributed by atoms with Crippen molar-refractivity contribution >= 4 is 11.7 Å². The lowest BCUT2D eigenvalue weighted by Gasteiger charge is -2.15. The number of ether oxygens (including phenoxy) is 3. The first-order valence-corrected chi connectivity index (χ1v) is 5.73. The zero-order valence-corrected chi connectivity index (χ0v) is 11.4. The second-order valence-electron chi connectivity index (χ2n) is 3.77. The van der Waals surface area contributed by atoms with Gasteiger partial charge in [-0.25, -0.2) is 0 Å². The van der Waals surface area contributed by atoms with E-state index < -0.39 is 16.9 Å². The van der Waals surface area contributed by atoms with Crippen LogP contribution in [-0.4, -0.2) is 44.8 Å². The molecule has 1 aromatic rings. The van der Waals surface area contributed by atoms with Gasteiger partial charge in [-0.05, 0) is 13.1 Å². The summed E-state index contributed by atoms with van der Waals surface area (Å²) in [5.41, 5.74) is -0.203. The highest BCUT2D eigenvalue weighted by Crippen LogP contribution is 2.31. The van der Waals surface area contributed by atoms with Crippen LogP contribution in [0.5, 0.6) is 11.5 Å². The molecule has 0 amide bonds. The molecule has 1 unspecified atom stereocenters. The van der Waals surface area contributed by atoms with E-state index in [4.69, 9.17) is 9.47 Å². The fraction of sp³-hybridized carbons (Fsp3) is 0.417. The van der Waals surface area contributed by atoms with E-state index in [0.29, 0.717) is 5.75 Å². The number of esters is 1. The number of nitro groups is 1. The Kier molecular flexibility index (Phi) is 5.73. The first-order chi connectivity index (χ1) is 9.53. The second kappa shape index (κ2) is 7.29. The van der Waals surface area contributed by atoms with E-state index in [1.54, 1.807) is 7.05 Å². The number of hydrogen-bond acceptors (Lipinski definition) is 7. The van der Waals surface area contributed by atoms with Crippen LogP contribution in [0.4, 0.5) is 5.69 Å². The molecular weight excluding hydrogens is 268 g/mol. The Morgan fingerprint density at radius 3 is 2.65 bits per heavy atom. The smallest absolute Gasteiger partial charge is 0.326 e. The molecule has 8 heteroatoms. The van der Waals surface area contributed by atoms with Crippen LogP contribution in [0.25, 0.3) is 0 Å². The van der Waals surface area contributed by atoms with Crippen LogP contribution in [0.3, 0.4) is 0 Å². The van der Waals surface area contributed by atoms with Crippen molar-refractivity contribution in [3.05, 3.63) is 28.3 Å². The Balaban J connectivity index is 2.89. The van der Waals surface area contributed by atoms with E-state index in [2.05, 4.69) is 10.1 Å². The lowest BCUT2D eigenvalue weighted by Crippen LogP contribution is -2.40. The number of methoxy groups -OCH3 is 2. The summed E-state index contributed by atoms with van der Waals surface area (Å²) in [6, 6.07) is 3.41. The molecule has 0 saturated carbocycles. The number of nitrogens with zero attached hydrogens (tertiary/aromatic N) is 1. The molecule has 0 aliphatic rings. The predicted octanol–water partition coefficient (Wildman–Crippen LogP) is 0.743. The van der Waals surface area contributed by atoms with E-state index in [1.165, 1.54) is 32.4 Å². The SMILES string of the molecule is CNC(COc1cc(OC)ccc1[N+](=O)[O-])C(=O)OC. The highest BCUT2D eigenvalue weighted by Gasteiger charge is 2.21. The summed E-state index contributed by atoms with van der Waals surface area (Å²) in [7, 11) is 4.25. The summed E-state index contributed by atoms with van der Waals surface area (Å²) in [4.78, 5) is 21.7. The summed E-state index contributed by atoms with van der Waals surface area (Å²) < 4.78 is 14.9. The van der Waals surface area contributed by atoms with Crippen molar-refractivity contribution in [2.75, 3.05) is 27.9 Å². The highest BCUT2D eigenvalue weighted by atomic mass is 16.6. The molecule has 0 spiro atoms. The molecule has 8 nitrogen and oxygen atoms in total. The molecule has 1 N–H and O–H groups in total. The number of nitrogens with one attached hydrogen (secondary N) is 1.